The van der Waals surface area contributed by atoms with Crippen molar-refractivity contribution in [2.45, 2.75) is 44.9 Å². The third kappa shape index (κ3) is 4.50. The maximum Gasteiger partial charge on any atom is 0.416 e. The van der Waals surface area contributed by atoms with Crippen molar-refractivity contribution < 1.29 is 13.2 Å². The van der Waals surface area contributed by atoms with Gasteiger partial charge >= 0.3 is 6.18 Å². The third-order valence-electron chi connectivity index (χ3n) is 6.22. The molecule has 0 saturated carbocycles. The van der Waals surface area contributed by atoms with Crippen LogP contribution < -0.4 is 5.56 Å². The smallest absolute Gasteiger partial charge is 0.320 e. The molecule has 2 aliphatic rings. The van der Waals surface area contributed by atoms with Crippen molar-refractivity contribution in [3.05, 3.63) is 81.3 Å². The fourth-order valence-corrected chi connectivity index (χ4v) is 4.50. The molecule has 1 N–H and O–H groups in total. The number of benzene rings is 1. The van der Waals surface area contributed by atoms with Crippen molar-refractivity contribution in [3.63, 3.8) is 0 Å². The Morgan fingerprint density at radius 1 is 1.09 bits per heavy atom. The number of rotatable bonds is 4. The van der Waals surface area contributed by atoms with Crippen LogP contribution in [-0.2, 0) is 25.7 Å². The van der Waals surface area contributed by atoms with Crippen LogP contribution in [0.4, 0.5) is 13.2 Å². The van der Waals surface area contributed by atoms with Crippen molar-refractivity contribution >= 4 is 5.71 Å². The molecule has 0 bridgehead atoms. The van der Waals surface area contributed by atoms with Crippen molar-refractivity contribution in [1.82, 2.24) is 19.4 Å². The Kier molecular flexibility index (Phi) is 5.65. The minimum Gasteiger partial charge on any atom is -0.320 e. The van der Waals surface area contributed by atoms with Gasteiger partial charge in [0.2, 0.25) is 0 Å². The first-order valence-electron chi connectivity index (χ1n) is 11.1. The topological polar surface area (TPSA) is 66.3 Å². The number of fused-ring (bicyclic) bond motifs is 1. The first-order chi connectivity index (χ1) is 15.9. The van der Waals surface area contributed by atoms with E-state index in [1.807, 2.05) is 12.1 Å². The summed E-state index contributed by atoms with van der Waals surface area (Å²) in [5.41, 5.74) is 2.84. The monoisotopic (exact) mass is 455 g/mol. The van der Waals surface area contributed by atoms with E-state index >= 15 is 0 Å². The van der Waals surface area contributed by atoms with Gasteiger partial charge in [0.1, 0.15) is 0 Å². The van der Waals surface area contributed by atoms with Gasteiger partial charge in [-0.25, -0.2) is 4.98 Å². The van der Waals surface area contributed by atoms with E-state index in [4.69, 9.17) is 4.98 Å². The zero-order chi connectivity index (χ0) is 23.0. The van der Waals surface area contributed by atoms with Gasteiger partial charge in [0, 0.05) is 50.2 Å². The van der Waals surface area contributed by atoms with Gasteiger partial charge in [0.15, 0.2) is 5.82 Å². The number of hydrogen-bond acceptors (Lipinski definition) is 4. The van der Waals surface area contributed by atoms with Gasteiger partial charge in [0.25, 0.3) is 5.56 Å². The Labute approximate surface area is 188 Å². The zero-order valence-electron chi connectivity index (χ0n) is 18.0. The van der Waals surface area contributed by atoms with E-state index in [9.17, 15) is 18.0 Å². The molecule has 2 aromatic heterocycles. The highest BCUT2D eigenvalue weighted by atomic mass is 19.4. The Bertz CT molecular complexity index is 1260. The van der Waals surface area contributed by atoms with E-state index in [0.29, 0.717) is 43.1 Å². The van der Waals surface area contributed by atoms with Crippen LogP contribution in [0.1, 0.15) is 47.6 Å². The number of aromatic amines is 1. The van der Waals surface area contributed by atoms with Crippen molar-refractivity contribution in [2.24, 2.45) is 4.99 Å². The van der Waals surface area contributed by atoms with E-state index < -0.39 is 11.7 Å². The first kappa shape index (κ1) is 21.6. The van der Waals surface area contributed by atoms with Crippen LogP contribution in [0.25, 0.3) is 5.69 Å². The molecular formula is C24H24F3N5O. The molecule has 0 radical (unpaired) electrons. The van der Waals surface area contributed by atoms with Gasteiger partial charge in [-0.1, -0.05) is 6.07 Å². The highest BCUT2D eigenvalue weighted by Crippen LogP contribution is 2.31. The van der Waals surface area contributed by atoms with E-state index in [-0.39, 0.29) is 5.56 Å². The molecule has 172 valence electrons. The summed E-state index contributed by atoms with van der Waals surface area (Å²) in [7, 11) is 0. The lowest BCUT2D eigenvalue weighted by Crippen LogP contribution is -2.36. The lowest BCUT2D eigenvalue weighted by atomic mass is 10.0. The SMILES string of the molecule is O=c1[nH]c(C2=NCCCC2)nc2c1CN(Cc1cccn1-c1cccc(C(F)(F)F)c1)CC2. The lowest BCUT2D eigenvalue weighted by Gasteiger charge is -2.28. The Balaban J connectivity index is 1.36. The summed E-state index contributed by atoms with van der Waals surface area (Å²) in [6.07, 6.45) is 0.962. The van der Waals surface area contributed by atoms with E-state index in [1.165, 1.54) is 6.07 Å². The van der Waals surface area contributed by atoms with Crippen LogP contribution in [0, 0.1) is 0 Å². The summed E-state index contributed by atoms with van der Waals surface area (Å²) in [6, 6.07) is 9.01. The summed E-state index contributed by atoms with van der Waals surface area (Å²) < 4.78 is 41.2. The molecule has 1 aromatic carbocycles. The third-order valence-corrected chi connectivity index (χ3v) is 6.22. The number of nitrogens with zero attached hydrogens (tertiary/aromatic N) is 4. The molecule has 4 heterocycles. The Hall–Kier alpha value is -3.20. The van der Waals surface area contributed by atoms with Crippen molar-refractivity contribution in [2.75, 3.05) is 13.1 Å². The number of nitrogens with one attached hydrogen (secondary N) is 1. The quantitative estimate of drug-likeness (QED) is 0.644. The lowest BCUT2D eigenvalue weighted by molar-refractivity contribution is -0.137. The number of aliphatic imine (C=N–C) groups is 1. The normalized spacial score (nSPS) is 17.0. The average Bonchev–Trinajstić information content (AvgIpc) is 3.27. The largest absolute Gasteiger partial charge is 0.416 e. The van der Waals surface area contributed by atoms with Crippen LogP contribution >= 0.6 is 0 Å². The minimum atomic E-state index is -4.39. The van der Waals surface area contributed by atoms with Crippen molar-refractivity contribution in [1.29, 1.82) is 0 Å². The summed E-state index contributed by atoms with van der Waals surface area (Å²) in [5.74, 6) is 0.588. The summed E-state index contributed by atoms with van der Waals surface area (Å²) >= 11 is 0. The van der Waals surface area contributed by atoms with Gasteiger partial charge in [-0.2, -0.15) is 13.2 Å². The Morgan fingerprint density at radius 3 is 2.76 bits per heavy atom. The minimum absolute atomic E-state index is 0.138. The zero-order valence-corrected chi connectivity index (χ0v) is 18.0. The molecular weight excluding hydrogens is 431 g/mol. The maximum absolute atomic E-state index is 13.1. The van der Waals surface area contributed by atoms with Crippen LogP contribution in [-0.4, -0.2) is 38.2 Å². The summed E-state index contributed by atoms with van der Waals surface area (Å²) in [4.78, 5) is 27.1. The van der Waals surface area contributed by atoms with Crippen LogP contribution in [0.15, 0.2) is 52.4 Å². The summed E-state index contributed by atoms with van der Waals surface area (Å²) in [5, 5.41) is 0. The molecule has 2 aliphatic heterocycles. The van der Waals surface area contributed by atoms with Gasteiger partial charge in [0.05, 0.1) is 22.5 Å². The van der Waals surface area contributed by atoms with Crippen molar-refractivity contribution in [3.8, 4) is 5.69 Å². The van der Waals surface area contributed by atoms with Crippen LogP contribution in [0.3, 0.4) is 0 Å². The number of aromatic nitrogens is 3. The molecule has 5 rings (SSSR count). The second-order valence-corrected chi connectivity index (χ2v) is 8.50. The van der Waals surface area contributed by atoms with Crippen LogP contribution in [0.2, 0.25) is 0 Å². The molecule has 0 atom stereocenters. The van der Waals surface area contributed by atoms with Crippen LogP contribution in [0.5, 0.6) is 0 Å². The maximum atomic E-state index is 13.1. The predicted molar refractivity (Wildman–Crippen MR) is 119 cm³/mol. The number of hydrogen-bond donors (Lipinski definition) is 1. The molecule has 9 heteroatoms. The molecule has 3 aromatic rings. The highest BCUT2D eigenvalue weighted by Gasteiger charge is 2.30. The standard InChI is InChI=1S/C24H24F3N5O/c25-24(26,27)16-5-3-6-17(13-16)32-11-4-7-18(32)14-31-12-9-20-19(15-31)23(33)30-22(29-20)21-8-1-2-10-28-21/h3-7,11,13H,1-2,8-10,12,14-15H2,(H,29,30,33). The first-order valence-corrected chi connectivity index (χ1v) is 11.1. The Morgan fingerprint density at radius 2 is 1.97 bits per heavy atom. The average molecular weight is 455 g/mol. The molecule has 6 nitrogen and oxygen atoms in total. The number of H-pyrrole nitrogens is 1. The highest BCUT2D eigenvalue weighted by molar-refractivity contribution is 5.97. The van der Waals surface area contributed by atoms with E-state index in [1.54, 1.807) is 16.8 Å². The molecule has 0 spiro atoms. The number of halogens is 3. The van der Waals surface area contributed by atoms with Gasteiger partial charge in [-0.05, 0) is 49.6 Å². The fraction of sp³-hybridized carbons (Fsp3) is 0.375. The van der Waals surface area contributed by atoms with Gasteiger partial charge in [-0.15, -0.1) is 0 Å². The molecule has 0 aliphatic carbocycles. The van der Waals surface area contributed by atoms with E-state index in [2.05, 4.69) is 14.9 Å². The van der Waals surface area contributed by atoms with Gasteiger partial charge in [-0.3, -0.25) is 14.7 Å². The predicted octanol–water partition coefficient (Wildman–Crippen LogP) is 4.11. The number of alkyl halides is 3. The van der Waals surface area contributed by atoms with Gasteiger partial charge < -0.3 is 9.55 Å². The molecule has 0 fully saturated rings. The molecule has 0 saturated heterocycles. The second-order valence-electron chi connectivity index (χ2n) is 8.50. The molecule has 0 unspecified atom stereocenters. The fourth-order valence-electron chi connectivity index (χ4n) is 4.50. The van der Waals surface area contributed by atoms with E-state index in [0.717, 1.165) is 55.0 Å². The second kappa shape index (κ2) is 8.62. The molecule has 0 amide bonds. The summed E-state index contributed by atoms with van der Waals surface area (Å²) in [6.45, 7) is 2.44. The molecule has 33 heavy (non-hydrogen) atoms.